The van der Waals surface area contributed by atoms with Crippen molar-refractivity contribution in [1.82, 2.24) is 5.32 Å². The number of ether oxygens (including phenoxy) is 2. The zero-order chi connectivity index (χ0) is 14.4. The van der Waals surface area contributed by atoms with Crippen molar-refractivity contribution < 1.29 is 14.3 Å². The van der Waals surface area contributed by atoms with Crippen LogP contribution in [0.25, 0.3) is 0 Å². The second-order valence-electron chi connectivity index (χ2n) is 5.50. The number of rotatable bonds is 8. The van der Waals surface area contributed by atoms with Crippen molar-refractivity contribution in [3.63, 3.8) is 0 Å². The Bertz CT molecular complexity index is 455. The topological polar surface area (TPSA) is 47.6 Å². The summed E-state index contributed by atoms with van der Waals surface area (Å²) in [6.07, 6.45) is 3.64. The molecule has 1 aliphatic carbocycles. The zero-order valence-corrected chi connectivity index (χ0v) is 12.3. The summed E-state index contributed by atoms with van der Waals surface area (Å²) in [5.74, 6) is -0.275. The molecule has 0 aromatic heterocycles. The Labute approximate surface area is 120 Å². The lowest BCUT2D eigenvalue weighted by Crippen LogP contribution is -2.25. The minimum absolute atomic E-state index is 0.275. The van der Waals surface area contributed by atoms with Crippen molar-refractivity contribution in [1.29, 1.82) is 0 Å². The van der Waals surface area contributed by atoms with Crippen LogP contribution in [0.3, 0.4) is 0 Å². The first-order chi connectivity index (χ1) is 9.71. The molecule has 0 aliphatic heterocycles. The van der Waals surface area contributed by atoms with E-state index >= 15 is 0 Å². The van der Waals surface area contributed by atoms with Gasteiger partial charge in [-0.25, -0.2) is 4.79 Å². The van der Waals surface area contributed by atoms with E-state index in [-0.39, 0.29) is 5.97 Å². The number of methoxy groups -OCH3 is 2. The summed E-state index contributed by atoms with van der Waals surface area (Å²) in [6.45, 7) is 2.49. The second kappa shape index (κ2) is 6.86. The number of hydrogen-bond acceptors (Lipinski definition) is 4. The molecular weight excluding hydrogens is 254 g/mol. The maximum Gasteiger partial charge on any atom is 0.338 e. The molecule has 0 amide bonds. The quantitative estimate of drug-likeness (QED) is 0.741. The van der Waals surface area contributed by atoms with E-state index in [9.17, 15) is 4.79 Å². The summed E-state index contributed by atoms with van der Waals surface area (Å²) >= 11 is 0. The SMILES string of the molecule is COCCC1(CNCc2ccccc2C(=O)OC)CC1. The summed E-state index contributed by atoms with van der Waals surface area (Å²) in [4.78, 5) is 11.7. The summed E-state index contributed by atoms with van der Waals surface area (Å²) in [5, 5.41) is 3.47. The molecule has 1 saturated carbocycles. The van der Waals surface area contributed by atoms with Crippen molar-refractivity contribution >= 4 is 5.97 Å². The molecule has 2 rings (SSSR count). The van der Waals surface area contributed by atoms with Gasteiger partial charge in [-0.05, 0) is 36.3 Å². The molecule has 1 fully saturated rings. The number of nitrogens with one attached hydrogen (secondary N) is 1. The van der Waals surface area contributed by atoms with Crippen LogP contribution in [-0.2, 0) is 16.0 Å². The average Bonchev–Trinajstić information content (AvgIpc) is 3.25. The van der Waals surface area contributed by atoms with Crippen LogP contribution in [0.5, 0.6) is 0 Å². The van der Waals surface area contributed by atoms with E-state index in [0.29, 0.717) is 17.5 Å². The average molecular weight is 277 g/mol. The van der Waals surface area contributed by atoms with Gasteiger partial charge in [0.25, 0.3) is 0 Å². The highest BCUT2D eigenvalue weighted by Crippen LogP contribution is 2.48. The van der Waals surface area contributed by atoms with Crippen LogP contribution >= 0.6 is 0 Å². The molecule has 1 N–H and O–H groups in total. The fraction of sp³-hybridized carbons (Fsp3) is 0.562. The van der Waals surface area contributed by atoms with E-state index in [0.717, 1.165) is 25.1 Å². The number of benzene rings is 1. The van der Waals surface area contributed by atoms with E-state index < -0.39 is 0 Å². The standard InChI is InChI=1S/C16H23NO3/c1-19-10-9-16(7-8-16)12-17-11-13-5-3-4-6-14(13)15(18)20-2/h3-6,17H,7-12H2,1-2H3. The van der Waals surface area contributed by atoms with Crippen LogP contribution < -0.4 is 5.32 Å². The van der Waals surface area contributed by atoms with Crippen molar-refractivity contribution in [3.05, 3.63) is 35.4 Å². The van der Waals surface area contributed by atoms with Gasteiger partial charge in [0, 0.05) is 26.8 Å². The molecule has 0 spiro atoms. The molecule has 0 bridgehead atoms. The third-order valence-electron chi connectivity index (χ3n) is 4.03. The van der Waals surface area contributed by atoms with Gasteiger partial charge in [0.2, 0.25) is 0 Å². The highest BCUT2D eigenvalue weighted by atomic mass is 16.5. The van der Waals surface area contributed by atoms with Crippen molar-refractivity contribution in [2.24, 2.45) is 5.41 Å². The van der Waals surface area contributed by atoms with E-state index in [2.05, 4.69) is 5.32 Å². The van der Waals surface area contributed by atoms with Gasteiger partial charge in [0.1, 0.15) is 0 Å². The Hall–Kier alpha value is -1.39. The zero-order valence-electron chi connectivity index (χ0n) is 12.3. The lowest BCUT2D eigenvalue weighted by Gasteiger charge is -2.16. The molecule has 1 aromatic carbocycles. The third-order valence-corrected chi connectivity index (χ3v) is 4.03. The first kappa shape index (κ1) is 15.0. The van der Waals surface area contributed by atoms with Crippen molar-refractivity contribution in [2.75, 3.05) is 27.4 Å². The van der Waals surface area contributed by atoms with Gasteiger partial charge in [-0.3, -0.25) is 0 Å². The van der Waals surface area contributed by atoms with Gasteiger partial charge in [-0.1, -0.05) is 18.2 Å². The van der Waals surface area contributed by atoms with Crippen LogP contribution in [0, 0.1) is 5.41 Å². The highest BCUT2D eigenvalue weighted by molar-refractivity contribution is 5.90. The van der Waals surface area contributed by atoms with Gasteiger partial charge in [-0.15, -0.1) is 0 Å². The van der Waals surface area contributed by atoms with E-state index in [4.69, 9.17) is 9.47 Å². The maximum absolute atomic E-state index is 11.7. The molecule has 20 heavy (non-hydrogen) atoms. The monoisotopic (exact) mass is 277 g/mol. The molecule has 4 heteroatoms. The summed E-state index contributed by atoms with van der Waals surface area (Å²) in [7, 11) is 3.16. The van der Waals surface area contributed by atoms with Crippen LogP contribution in [0.2, 0.25) is 0 Å². The molecular formula is C16H23NO3. The second-order valence-corrected chi connectivity index (χ2v) is 5.50. The molecule has 1 aliphatic rings. The Morgan fingerprint density at radius 3 is 2.70 bits per heavy atom. The number of carbonyl (C=O) groups is 1. The Kier molecular flexibility index (Phi) is 5.15. The van der Waals surface area contributed by atoms with Gasteiger partial charge in [0.05, 0.1) is 12.7 Å². The lowest BCUT2D eigenvalue weighted by molar-refractivity contribution is 0.0599. The molecule has 0 unspecified atom stereocenters. The van der Waals surface area contributed by atoms with Crippen LogP contribution in [0.15, 0.2) is 24.3 Å². The predicted octanol–water partition coefficient (Wildman–Crippen LogP) is 2.38. The molecule has 1 aromatic rings. The Morgan fingerprint density at radius 2 is 2.05 bits per heavy atom. The molecule has 0 saturated heterocycles. The number of carbonyl (C=O) groups excluding carboxylic acids is 1. The van der Waals surface area contributed by atoms with Crippen LogP contribution in [0.1, 0.15) is 35.2 Å². The molecule has 0 radical (unpaired) electrons. The van der Waals surface area contributed by atoms with Gasteiger partial charge in [0.15, 0.2) is 0 Å². The largest absolute Gasteiger partial charge is 0.465 e. The Balaban J connectivity index is 1.87. The first-order valence-corrected chi connectivity index (χ1v) is 7.07. The van der Waals surface area contributed by atoms with Crippen molar-refractivity contribution in [2.45, 2.75) is 25.8 Å². The summed E-state index contributed by atoms with van der Waals surface area (Å²) < 4.78 is 9.96. The number of hydrogen-bond donors (Lipinski definition) is 1. The van der Waals surface area contributed by atoms with Crippen LogP contribution in [0.4, 0.5) is 0 Å². The van der Waals surface area contributed by atoms with Crippen molar-refractivity contribution in [3.8, 4) is 0 Å². The summed E-state index contributed by atoms with van der Waals surface area (Å²) in [5.41, 5.74) is 2.04. The molecule has 0 heterocycles. The van der Waals surface area contributed by atoms with Gasteiger partial charge in [-0.2, -0.15) is 0 Å². The van der Waals surface area contributed by atoms with E-state index in [1.165, 1.54) is 20.0 Å². The minimum atomic E-state index is -0.275. The fourth-order valence-corrected chi connectivity index (χ4v) is 2.46. The molecule has 0 atom stereocenters. The van der Waals surface area contributed by atoms with Gasteiger partial charge >= 0.3 is 5.97 Å². The number of esters is 1. The Morgan fingerprint density at radius 1 is 1.30 bits per heavy atom. The smallest absolute Gasteiger partial charge is 0.338 e. The maximum atomic E-state index is 11.7. The van der Waals surface area contributed by atoms with E-state index in [1.807, 2.05) is 18.2 Å². The fourth-order valence-electron chi connectivity index (χ4n) is 2.46. The third kappa shape index (κ3) is 3.81. The van der Waals surface area contributed by atoms with Crippen LogP contribution in [-0.4, -0.2) is 33.3 Å². The molecule has 4 nitrogen and oxygen atoms in total. The minimum Gasteiger partial charge on any atom is -0.465 e. The normalized spacial score (nSPS) is 15.9. The highest BCUT2D eigenvalue weighted by Gasteiger charge is 2.41. The lowest BCUT2D eigenvalue weighted by atomic mass is 10.0. The predicted molar refractivity (Wildman–Crippen MR) is 77.6 cm³/mol. The first-order valence-electron chi connectivity index (χ1n) is 7.07. The summed E-state index contributed by atoms with van der Waals surface area (Å²) in [6, 6.07) is 7.58. The molecule has 110 valence electrons. The van der Waals surface area contributed by atoms with E-state index in [1.54, 1.807) is 13.2 Å². The van der Waals surface area contributed by atoms with Gasteiger partial charge < -0.3 is 14.8 Å².